The number of nitrogens with zero attached hydrogens (tertiary/aromatic N) is 1. The van der Waals surface area contributed by atoms with Crippen molar-refractivity contribution in [1.82, 2.24) is 4.90 Å². The van der Waals surface area contributed by atoms with Gasteiger partial charge < -0.3 is 5.73 Å². The van der Waals surface area contributed by atoms with Gasteiger partial charge in [-0.1, -0.05) is 44.2 Å². The number of likely N-dealkylation sites (N-methyl/N-ethyl adjacent to an activating group) is 1. The average molecular weight is 278 g/mol. The molecule has 2 nitrogen and oxygen atoms in total. The second kappa shape index (κ2) is 7.19. The van der Waals surface area contributed by atoms with E-state index in [4.69, 9.17) is 5.73 Å². The third-order valence-corrected chi connectivity index (χ3v) is 4.81. The van der Waals surface area contributed by atoms with E-state index in [2.05, 4.69) is 11.9 Å². The van der Waals surface area contributed by atoms with Gasteiger partial charge in [-0.15, -0.1) is 0 Å². The van der Waals surface area contributed by atoms with Crippen molar-refractivity contribution in [3.8, 4) is 0 Å². The number of nitrogens with two attached hydrogens (primary N) is 1. The summed E-state index contributed by atoms with van der Waals surface area (Å²) in [5.41, 5.74) is 7.41. The van der Waals surface area contributed by atoms with Crippen LogP contribution in [0.5, 0.6) is 0 Å². The average Bonchev–Trinajstić information content (AvgIpc) is 2.42. The van der Waals surface area contributed by atoms with Crippen LogP contribution in [-0.2, 0) is 6.54 Å². The molecule has 0 radical (unpaired) electrons. The molecule has 20 heavy (non-hydrogen) atoms. The highest BCUT2D eigenvalue weighted by Crippen LogP contribution is 2.31. The summed E-state index contributed by atoms with van der Waals surface area (Å²) in [4.78, 5) is 2.39. The lowest BCUT2D eigenvalue weighted by molar-refractivity contribution is 0.0865. The van der Waals surface area contributed by atoms with Crippen molar-refractivity contribution < 1.29 is 4.39 Å². The van der Waals surface area contributed by atoms with Crippen molar-refractivity contribution in [2.45, 2.75) is 57.0 Å². The van der Waals surface area contributed by atoms with Gasteiger partial charge in [0.05, 0.1) is 0 Å². The molecule has 1 aliphatic carbocycles. The van der Waals surface area contributed by atoms with Gasteiger partial charge in [-0.3, -0.25) is 4.90 Å². The molecule has 1 aromatic carbocycles. The normalized spacial score (nSPS) is 19.6. The van der Waals surface area contributed by atoms with Crippen LogP contribution in [0.25, 0.3) is 0 Å². The molecule has 1 fully saturated rings. The quantitative estimate of drug-likeness (QED) is 0.910. The Morgan fingerprint density at radius 1 is 1.05 bits per heavy atom. The molecule has 0 atom stereocenters. The second-order valence-corrected chi connectivity index (χ2v) is 6.18. The molecule has 0 unspecified atom stereocenters. The predicted molar refractivity (Wildman–Crippen MR) is 82.0 cm³/mol. The van der Waals surface area contributed by atoms with E-state index in [1.54, 1.807) is 0 Å². The van der Waals surface area contributed by atoms with E-state index in [0.29, 0.717) is 6.54 Å². The van der Waals surface area contributed by atoms with Crippen LogP contribution < -0.4 is 5.73 Å². The van der Waals surface area contributed by atoms with Crippen molar-refractivity contribution in [2.24, 2.45) is 5.73 Å². The van der Waals surface area contributed by atoms with Crippen LogP contribution in [-0.4, -0.2) is 24.0 Å². The first-order valence-electron chi connectivity index (χ1n) is 7.82. The van der Waals surface area contributed by atoms with Crippen molar-refractivity contribution in [3.05, 3.63) is 35.6 Å². The summed E-state index contributed by atoms with van der Waals surface area (Å²) in [6.45, 7) is 1.56. The van der Waals surface area contributed by atoms with Gasteiger partial charge >= 0.3 is 0 Å². The summed E-state index contributed by atoms with van der Waals surface area (Å²) >= 11 is 0. The minimum atomic E-state index is -0.170. The predicted octanol–water partition coefficient (Wildman–Crippen LogP) is 3.70. The Labute approximate surface area is 122 Å². The standard InChI is InChI=1S/C17H27FN2/c1-20(13-15-7-9-16(18)10-8-15)17(14-19)11-5-3-2-4-6-12-17/h7-10H,2-6,11-14,19H2,1H3. The maximum atomic E-state index is 13.0. The zero-order chi connectivity index (χ0) is 14.4. The topological polar surface area (TPSA) is 29.3 Å². The summed E-state index contributed by atoms with van der Waals surface area (Å²) in [7, 11) is 2.16. The fourth-order valence-electron chi connectivity index (χ4n) is 3.34. The molecule has 0 spiro atoms. The van der Waals surface area contributed by atoms with Crippen molar-refractivity contribution >= 4 is 0 Å². The van der Waals surface area contributed by atoms with Gasteiger partial charge in [-0.05, 0) is 37.6 Å². The number of rotatable bonds is 4. The van der Waals surface area contributed by atoms with Crippen LogP contribution in [0, 0.1) is 5.82 Å². The molecule has 1 aliphatic rings. The molecule has 0 aromatic heterocycles. The smallest absolute Gasteiger partial charge is 0.123 e. The Balaban J connectivity index is 2.06. The zero-order valence-electron chi connectivity index (χ0n) is 12.6. The summed E-state index contributed by atoms with van der Waals surface area (Å²) in [5, 5.41) is 0. The molecular formula is C17H27FN2. The van der Waals surface area contributed by atoms with Gasteiger partial charge in [0, 0.05) is 18.6 Å². The maximum Gasteiger partial charge on any atom is 0.123 e. The van der Waals surface area contributed by atoms with Gasteiger partial charge in [-0.2, -0.15) is 0 Å². The van der Waals surface area contributed by atoms with Gasteiger partial charge in [0.15, 0.2) is 0 Å². The Morgan fingerprint density at radius 3 is 2.15 bits per heavy atom. The van der Waals surface area contributed by atoms with Crippen molar-refractivity contribution in [2.75, 3.05) is 13.6 Å². The summed E-state index contributed by atoms with van der Waals surface area (Å²) < 4.78 is 13.0. The van der Waals surface area contributed by atoms with Crippen LogP contribution in [0.2, 0.25) is 0 Å². The zero-order valence-corrected chi connectivity index (χ0v) is 12.6. The van der Waals surface area contributed by atoms with Crippen molar-refractivity contribution in [3.63, 3.8) is 0 Å². The lowest BCUT2D eigenvalue weighted by Crippen LogP contribution is -2.52. The third-order valence-electron chi connectivity index (χ3n) is 4.81. The van der Waals surface area contributed by atoms with Crippen LogP contribution in [0.1, 0.15) is 50.5 Å². The van der Waals surface area contributed by atoms with E-state index in [0.717, 1.165) is 12.1 Å². The molecule has 2 N–H and O–H groups in total. The van der Waals surface area contributed by atoms with E-state index >= 15 is 0 Å². The number of hydrogen-bond donors (Lipinski definition) is 1. The van der Waals surface area contributed by atoms with Crippen molar-refractivity contribution in [1.29, 1.82) is 0 Å². The Bertz CT molecular complexity index is 394. The molecule has 1 saturated carbocycles. The van der Waals surface area contributed by atoms with Gasteiger partial charge in [0.1, 0.15) is 5.82 Å². The highest BCUT2D eigenvalue weighted by molar-refractivity contribution is 5.16. The number of halogens is 1. The first-order chi connectivity index (χ1) is 9.66. The van der Waals surface area contributed by atoms with E-state index in [1.165, 1.54) is 57.1 Å². The monoisotopic (exact) mass is 278 g/mol. The maximum absolute atomic E-state index is 13.0. The Morgan fingerprint density at radius 2 is 1.60 bits per heavy atom. The Hall–Kier alpha value is -0.930. The second-order valence-electron chi connectivity index (χ2n) is 6.18. The Kier molecular flexibility index (Phi) is 5.55. The van der Waals surface area contributed by atoms with Gasteiger partial charge in [0.25, 0.3) is 0 Å². The van der Waals surface area contributed by atoms with E-state index < -0.39 is 0 Å². The highest BCUT2D eigenvalue weighted by atomic mass is 19.1. The molecular weight excluding hydrogens is 251 g/mol. The summed E-state index contributed by atoms with van der Waals surface area (Å²) in [6, 6.07) is 6.82. The highest BCUT2D eigenvalue weighted by Gasteiger charge is 2.32. The summed E-state index contributed by atoms with van der Waals surface area (Å²) in [6.07, 6.45) is 8.92. The lowest BCUT2D eigenvalue weighted by atomic mass is 9.82. The first-order valence-corrected chi connectivity index (χ1v) is 7.82. The van der Waals surface area contributed by atoms with Crippen LogP contribution >= 0.6 is 0 Å². The minimum Gasteiger partial charge on any atom is -0.329 e. The molecule has 1 aromatic rings. The van der Waals surface area contributed by atoms with Crippen LogP contribution in [0.3, 0.4) is 0 Å². The number of hydrogen-bond acceptors (Lipinski definition) is 2. The van der Waals surface area contributed by atoms with Gasteiger partial charge in [0.2, 0.25) is 0 Å². The fraction of sp³-hybridized carbons (Fsp3) is 0.647. The SMILES string of the molecule is CN(Cc1ccc(F)cc1)C1(CN)CCCCCCC1. The lowest BCUT2D eigenvalue weighted by Gasteiger charge is -2.43. The number of benzene rings is 1. The molecule has 0 bridgehead atoms. The molecule has 0 saturated heterocycles. The largest absolute Gasteiger partial charge is 0.329 e. The molecule has 0 amide bonds. The van der Waals surface area contributed by atoms with Crippen LogP contribution in [0.4, 0.5) is 4.39 Å². The third kappa shape index (κ3) is 3.80. The summed E-state index contributed by atoms with van der Waals surface area (Å²) in [5.74, 6) is -0.170. The molecule has 112 valence electrons. The molecule has 0 heterocycles. The van der Waals surface area contributed by atoms with E-state index in [-0.39, 0.29) is 11.4 Å². The van der Waals surface area contributed by atoms with Crippen LogP contribution in [0.15, 0.2) is 24.3 Å². The molecule has 0 aliphatic heterocycles. The fourth-order valence-corrected chi connectivity index (χ4v) is 3.34. The van der Waals surface area contributed by atoms with E-state index in [9.17, 15) is 4.39 Å². The van der Waals surface area contributed by atoms with E-state index in [1.807, 2.05) is 12.1 Å². The minimum absolute atomic E-state index is 0.120. The molecule has 2 rings (SSSR count). The first kappa shape index (κ1) is 15.5. The van der Waals surface area contributed by atoms with Gasteiger partial charge in [-0.25, -0.2) is 4.39 Å². The molecule has 3 heteroatoms.